The summed E-state index contributed by atoms with van der Waals surface area (Å²) < 4.78 is 95.7. The summed E-state index contributed by atoms with van der Waals surface area (Å²) in [4.78, 5) is 0. The molecule has 0 unspecified atom stereocenters. The summed E-state index contributed by atoms with van der Waals surface area (Å²) in [5.74, 6) is -2.68. The van der Waals surface area contributed by atoms with Gasteiger partial charge >= 0.3 is 0 Å². The smallest absolute Gasteiger partial charge is 0.283 e. The minimum Gasteiger partial charge on any atom is -0.390 e. The molecule has 30 rings (SSSR count). The Morgan fingerprint density at radius 2 is 0.536 bits per heavy atom. The van der Waals surface area contributed by atoms with Crippen LogP contribution in [0.4, 0.5) is 0 Å². The van der Waals surface area contributed by atoms with Crippen LogP contribution in [0.2, 0.25) is 0 Å². The highest BCUT2D eigenvalue weighted by Crippen LogP contribution is 2.41. The summed E-state index contributed by atoms with van der Waals surface area (Å²) in [6, 6.07) is 0. The van der Waals surface area contributed by atoms with Gasteiger partial charge in [-0.2, -0.15) is 0 Å². The molecule has 84 heavy (non-hydrogen) atoms. The van der Waals surface area contributed by atoms with Gasteiger partial charge in [-0.05, 0) is 0 Å². The molecule has 30 aliphatic heterocycles. The van der Waals surface area contributed by atoms with Gasteiger partial charge in [-0.3, -0.25) is 0 Å². The second kappa shape index (κ2) is 30.9. The van der Waals surface area contributed by atoms with Crippen molar-refractivity contribution in [3.63, 3.8) is 0 Å². The van der Waals surface area contributed by atoms with Crippen LogP contribution in [-0.2, 0) is 75.8 Å². The van der Waals surface area contributed by atoms with Gasteiger partial charge in [-0.1, -0.05) is 136 Å². The van der Waals surface area contributed by atoms with Crippen molar-refractivity contribution in [2.45, 2.75) is 233 Å². The Kier molecular flexibility index (Phi) is 26.2. The first-order valence-corrected chi connectivity index (χ1v) is 35.8. The molecule has 16 bridgehead atoms. The van der Waals surface area contributed by atoms with Crippen molar-refractivity contribution in [3.8, 4) is 0 Å². The van der Waals surface area contributed by atoms with Crippen LogP contribution < -0.4 is 0 Å². The van der Waals surface area contributed by atoms with E-state index in [1.54, 1.807) is 0 Å². The molecule has 0 aromatic heterocycles. The number of aliphatic hydroxyl groups is 16. The molecule has 0 saturated carbocycles. The third-order valence-electron chi connectivity index (χ3n) is 15.9. The Bertz CT molecular complexity index is 2080. The maximum absolute atomic E-state index is 11.8. The van der Waals surface area contributed by atoms with Crippen LogP contribution in [0.5, 0.6) is 0 Å². The molecule has 30 saturated heterocycles. The Morgan fingerprint density at radius 1 is 0.274 bits per heavy atom. The number of alkyl halides is 6. The number of halogens is 6. The molecule has 0 aromatic rings. The zero-order valence-corrected chi connectivity index (χ0v) is 56.5. The molecule has 37 atom stereocenters. The van der Waals surface area contributed by atoms with Crippen molar-refractivity contribution in [3.05, 3.63) is 0 Å². The van der Waals surface area contributed by atoms with Crippen molar-refractivity contribution in [1.29, 1.82) is 0 Å². The minimum absolute atomic E-state index is 0.000264. The van der Waals surface area contributed by atoms with E-state index < -0.39 is 247 Å². The summed E-state index contributed by atoms with van der Waals surface area (Å²) in [5.41, 5.74) is 0. The third kappa shape index (κ3) is 15.0. The molecule has 0 radical (unpaired) electrons. The molecule has 0 aliphatic carbocycles. The van der Waals surface area contributed by atoms with Crippen molar-refractivity contribution >= 4 is 136 Å². The maximum Gasteiger partial charge on any atom is 0.283 e. The van der Waals surface area contributed by atoms with Crippen molar-refractivity contribution < 1.29 is 157 Å². The summed E-state index contributed by atoms with van der Waals surface area (Å²) in [6.07, 6.45) is -59.3. The SMILES string of the molecule is O[C@@H]1[C@@H](O)[C@H]2O[C@H]3[C@H](O)[C@@H](O)[C@@H](O[C@@H]4CO[C@H](O[C@@H]5CO[C@H](O[C@H]6[C@H](O)[C@@H](O)[C@@H](O[C@H]7[C@H](O)C[C@@](O)(O[C@H]8[C@H](O)[C@@H](O)[C@@H](O[C@H]9[C@H](O)[C@@H](O)[C@@H](O[C@@H]1[C@@H](CI)O2)O[C@@H]9CI)O[C@@H]8CI)O[C@@H]7CI)O[C@@H]6CI)[C@H](O)[C@H]5O)[C@H](O)[C@H]4O)O[C@@H]3CI. The van der Waals surface area contributed by atoms with Crippen LogP contribution in [-0.4, -0.2) is 349 Å². The Labute approximate surface area is 560 Å². The van der Waals surface area contributed by atoms with Crippen molar-refractivity contribution in [2.75, 3.05) is 39.8 Å². The average molecular weight is 1900 g/mol. The van der Waals surface area contributed by atoms with Crippen molar-refractivity contribution in [1.82, 2.24) is 0 Å². The van der Waals surface area contributed by atoms with Gasteiger partial charge in [0.1, 0.15) is 140 Å². The second-order valence-corrected chi connectivity index (χ2v) is 26.8. The lowest BCUT2D eigenvalue weighted by molar-refractivity contribution is -0.450. The molecule has 30 heterocycles. The van der Waals surface area contributed by atoms with Gasteiger partial charge in [0.05, 0.1) is 56.3 Å². The highest BCUT2D eigenvalue weighted by molar-refractivity contribution is 14.1. The molecule has 488 valence electrons. The monoisotopic (exact) mass is 1900 g/mol. The molecule has 30 fully saturated rings. The molecule has 38 heteroatoms. The quantitative estimate of drug-likeness (QED) is 0.0868. The first kappa shape index (κ1) is 71.4. The highest BCUT2D eigenvalue weighted by atomic mass is 127. The maximum atomic E-state index is 11.8. The van der Waals surface area contributed by atoms with E-state index in [2.05, 4.69) is 0 Å². The summed E-state index contributed by atoms with van der Waals surface area (Å²) >= 11 is 11.4. The van der Waals surface area contributed by atoms with Gasteiger partial charge in [0, 0.05) is 26.6 Å². The number of ether oxygens (including phenoxy) is 16. The lowest BCUT2D eigenvalue weighted by Crippen LogP contribution is -2.68. The molecule has 0 spiro atoms. The van der Waals surface area contributed by atoms with Gasteiger partial charge in [0.15, 0.2) is 44.0 Å². The lowest BCUT2D eigenvalue weighted by Gasteiger charge is -2.50. The van der Waals surface area contributed by atoms with E-state index in [1.165, 1.54) is 0 Å². The van der Waals surface area contributed by atoms with Crippen LogP contribution in [0.25, 0.3) is 0 Å². The van der Waals surface area contributed by atoms with Gasteiger partial charge in [0.2, 0.25) is 0 Å². The molecular weight excluding hydrogens is 1830 g/mol. The number of aliphatic hydroxyl groups excluding tert-OH is 15. The van der Waals surface area contributed by atoms with Gasteiger partial charge in [-0.15, -0.1) is 0 Å². The molecule has 0 amide bonds. The fraction of sp³-hybridized carbons (Fsp3) is 1.00. The zero-order valence-electron chi connectivity index (χ0n) is 43.6. The van der Waals surface area contributed by atoms with Gasteiger partial charge in [0.25, 0.3) is 5.97 Å². The Morgan fingerprint density at radius 3 is 0.881 bits per heavy atom. The normalized spacial score (nSPS) is 55.6. The number of rotatable bonds is 6. The number of hydrogen-bond donors (Lipinski definition) is 16. The van der Waals surface area contributed by atoms with Gasteiger partial charge in [-0.25, -0.2) is 0 Å². The topological polar surface area (TPSA) is 471 Å². The van der Waals surface area contributed by atoms with E-state index >= 15 is 0 Å². The van der Waals surface area contributed by atoms with E-state index in [1.807, 2.05) is 136 Å². The molecule has 32 nitrogen and oxygen atoms in total. The lowest BCUT2D eigenvalue weighted by atomic mass is 9.96. The largest absolute Gasteiger partial charge is 0.390 e. The minimum atomic E-state index is -2.68. The van der Waals surface area contributed by atoms with E-state index in [-0.39, 0.29) is 26.6 Å². The summed E-state index contributed by atoms with van der Waals surface area (Å²) in [5, 5.41) is 183. The van der Waals surface area contributed by atoms with E-state index in [9.17, 15) is 81.7 Å². The average Bonchev–Trinajstić information content (AvgIpc) is 1.87. The molecule has 30 aliphatic rings. The van der Waals surface area contributed by atoms with Crippen molar-refractivity contribution in [2.24, 2.45) is 0 Å². The van der Waals surface area contributed by atoms with E-state index in [0.29, 0.717) is 0 Å². The summed E-state index contributed by atoms with van der Waals surface area (Å²) in [7, 11) is 0. The Hall–Kier alpha value is 3.10. The fourth-order valence-electron chi connectivity index (χ4n) is 11.2. The standard InChI is InChI=1S/C46H70I6O32/c47-2-11-34-22(57)29(64)42(72-11)78-33-10(53)1-46(68,83-16(33)7-52)84-38-15(6-51)75-45(32(67)25(38)60)82-37-14(5-50)74-44(31(66)24(37)59)81-36-13(4-49)73-43(30(65)23(36)58)80-35-12(3-48)71-41(28(63)21(35)56)77-18-9-69-39(26(61)20(18)55)76-17-8-70-40(79-34)27(62)19(17)54/h10-45,53-68H,1-9H2/t10-,11-,12-,13-,14-,15-,16-,17-,18-,19+,20+,21-,22-,23-,24-,25-,26-,27-,28-,29-,30-,31-,32-,33+,34-,35-,36-,37-,38-,39-,40-,41-,42-,43-,44-,45-,46+/m1/s1. The first-order chi connectivity index (χ1) is 39.9. The molecule has 16 N–H and O–H groups in total. The van der Waals surface area contributed by atoms with E-state index in [4.69, 9.17) is 75.8 Å². The van der Waals surface area contributed by atoms with E-state index in [0.717, 1.165) is 0 Å². The second-order valence-electron chi connectivity index (χ2n) is 21.5. The van der Waals surface area contributed by atoms with Crippen LogP contribution in [0, 0.1) is 0 Å². The highest BCUT2D eigenvalue weighted by Gasteiger charge is 2.60. The summed E-state index contributed by atoms with van der Waals surface area (Å²) in [6.45, 7) is -1.04. The molecular formula is C46H70I6O32. The molecule has 0 aromatic carbocycles. The first-order valence-electron chi connectivity index (χ1n) is 26.6. The van der Waals surface area contributed by atoms with Gasteiger partial charge < -0.3 is 157 Å². The zero-order chi connectivity index (χ0) is 61.0. The predicted octanol–water partition coefficient (Wildman–Crippen LogP) is -7.12. The number of hydrogen-bond acceptors (Lipinski definition) is 32. The van der Waals surface area contributed by atoms with Crippen LogP contribution in [0.1, 0.15) is 6.42 Å². The third-order valence-corrected chi connectivity index (χ3v) is 21.1. The van der Waals surface area contributed by atoms with Crippen LogP contribution in [0.3, 0.4) is 0 Å². The Balaban J connectivity index is 0.948. The predicted molar refractivity (Wildman–Crippen MR) is 320 cm³/mol. The fourth-order valence-corrected chi connectivity index (χ4v) is 15.5. The van der Waals surface area contributed by atoms with Crippen LogP contribution >= 0.6 is 136 Å². The van der Waals surface area contributed by atoms with Crippen LogP contribution in [0.15, 0.2) is 0 Å².